The Morgan fingerprint density at radius 1 is 1.12 bits per heavy atom. The zero-order chi connectivity index (χ0) is 24.5. The number of methoxy groups -OCH3 is 1. The van der Waals surface area contributed by atoms with Crippen molar-refractivity contribution in [1.29, 1.82) is 0 Å². The molecule has 1 atom stereocenters. The van der Waals surface area contributed by atoms with Crippen LogP contribution >= 0.6 is 0 Å². The molecular weight excluding hydrogens is 456 g/mol. The number of hydrogen-bond acceptors (Lipinski definition) is 6. The van der Waals surface area contributed by atoms with E-state index in [-0.39, 0.29) is 29.3 Å². The van der Waals surface area contributed by atoms with Crippen molar-refractivity contribution in [2.24, 2.45) is 0 Å². The van der Waals surface area contributed by atoms with Crippen LogP contribution in [0.4, 0.5) is 11.4 Å². The normalized spacial score (nSPS) is 17.9. The van der Waals surface area contributed by atoms with E-state index in [4.69, 9.17) is 4.74 Å². The van der Waals surface area contributed by atoms with E-state index in [1.54, 1.807) is 19.2 Å². The second-order valence-electron chi connectivity index (χ2n) is 8.69. The molecule has 4 rings (SSSR count). The minimum atomic E-state index is -3.70. The summed E-state index contributed by atoms with van der Waals surface area (Å²) in [6.45, 7) is 0.848. The standard InChI is InChI=1S/C24H30N4O5S/c1-26(2)34(31,32)19-11-12-20-22(14-19)28(24(30)21-6-4-5-13-27(20)21)16-23(29)25-15-17-7-9-18(33-3)10-8-17/h7-12,14,21H,4-6,13,15-16H2,1-3H3,(H,25,29)/t21-/m1/s1. The summed E-state index contributed by atoms with van der Waals surface area (Å²) in [6.07, 6.45) is 2.61. The lowest BCUT2D eigenvalue weighted by molar-refractivity contribution is -0.125. The Labute approximate surface area is 200 Å². The third-order valence-electron chi connectivity index (χ3n) is 6.33. The molecule has 2 aliphatic heterocycles. The highest BCUT2D eigenvalue weighted by atomic mass is 32.2. The summed E-state index contributed by atoms with van der Waals surface area (Å²) in [6, 6.07) is 11.8. The van der Waals surface area contributed by atoms with Gasteiger partial charge in [0.25, 0.3) is 0 Å². The third kappa shape index (κ3) is 4.60. The summed E-state index contributed by atoms with van der Waals surface area (Å²) >= 11 is 0. The van der Waals surface area contributed by atoms with Crippen LogP contribution in [-0.2, 0) is 26.2 Å². The smallest absolute Gasteiger partial charge is 0.250 e. The van der Waals surface area contributed by atoms with Crippen LogP contribution in [0.1, 0.15) is 24.8 Å². The number of fused-ring (bicyclic) bond motifs is 3. The van der Waals surface area contributed by atoms with Gasteiger partial charge in [-0.2, -0.15) is 0 Å². The Morgan fingerprint density at radius 2 is 1.85 bits per heavy atom. The van der Waals surface area contributed by atoms with Gasteiger partial charge in [-0.3, -0.25) is 14.5 Å². The maximum atomic E-state index is 13.4. The van der Waals surface area contributed by atoms with Gasteiger partial charge in [0, 0.05) is 27.2 Å². The number of nitrogens with zero attached hydrogens (tertiary/aromatic N) is 3. The zero-order valence-corrected chi connectivity index (χ0v) is 20.5. The van der Waals surface area contributed by atoms with Crippen molar-refractivity contribution < 1.29 is 22.7 Å². The summed E-state index contributed by atoms with van der Waals surface area (Å²) in [4.78, 5) is 29.8. The minimum Gasteiger partial charge on any atom is -0.497 e. The summed E-state index contributed by atoms with van der Waals surface area (Å²) in [5.41, 5.74) is 2.13. The predicted molar refractivity (Wildman–Crippen MR) is 129 cm³/mol. The van der Waals surface area contributed by atoms with Crippen LogP contribution in [-0.4, -0.2) is 64.9 Å². The number of nitrogens with one attached hydrogen (secondary N) is 1. The zero-order valence-electron chi connectivity index (χ0n) is 19.7. The molecule has 0 radical (unpaired) electrons. The van der Waals surface area contributed by atoms with Gasteiger partial charge in [-0.1, -0.05) is 12.1 Å². The first-order chi connectivity index (χ1) is 16.2. The van der Waals surface area contributed by atoms with E-state index in [2.05, 4.69) is 5.32 Å². The number of carbonyl (C=O) groups is 2. The van der Waals surface area contributed by atoms with Gasteiger partial charge in [-0.05, 0) is 55.2 Å². The average Bonchev–Trinajstić information content (AvgIpc) is 2.85. The monoisotopic (exact) mass is 486 g/mol. The lowest BCUT2D eigenvalue weighted by Crippen LogP contribution is -2.57. The summed E-state index contributed by atoms with van der Waals surface area (Å²) in [7, 11) is 0.822. The van der Waals surface area contributed by atoms with Gasteiger partial charge >= 0.3 is 0 Å². The number of anilines is 2. The van der Waals surface area contributed by atoms with Crippen molar-refractivity contribution in [2.45, 2.75) is 36.7 Å². The number of carbonyl (C=O) groups excluding carboxylic acids is 2. The molecular formula is C24H30N4O5S. The van der Waals surface area contributed by atoms with Crippen molar-refractivity contribution in [3.8, 4) is 5.75 Å². The molecule has 10 heteroatoms. The molecule has 2 heterocycles. The number of ether oxygens (including phenoxy) is 1. The lowest BCUT2D eigenvalue weighted by Gasteiger charge is -2.45. The molecule has 1 fully saturated rings. The molecule has 0 aliphatic carbocycles. The quantitative estimate of drug-likeness (QED) is 0.643. The molecule has 9 nitrogen and oxygen atoms in total. The fourth-order valence-electron chi connectivity index (χ4n) is 4.42. The second-order valence-corrected chi connectivity index (χ2v) is 10.8. The Kier molecular flexibility index (Phi) is 6.81. The number of amides is 2. The number of rotatable bonds is 7. The van der Waals surface area contributed by atoms with Gasteiger partial charge in [0.2, 0.25) is 21.8 Å². The molecule has 34 heavy (non-hydrogen) atoms. The van der Waals surface area contributed by atoms with Crippen LogP contribution in [0.25, 0.3) is 0 Å². The van der Waals surface area contributed by atoms with Gasteiger partial charge in [0.1, 0.15) is 18.3 Å². The first-order valence-electron chi connectivity index (χ1n) is 11.3. The first kappa shape index (κ1) is 24.0. The Balaban J connectivity index is 1.60. The minimum absolute atomic E-state index is 0.0863. The van der Waals surface area contributed by atoms with Crippen LogP contribution in [0.2, 0.25) is 0 Å². The highest BCUT2D eigenvalue weighted by Gasteiger charge is 2.40. The molecule has 2 aliphatic rings. The van der Waals surface area contributed by atoms with Crippen molar-refractivity contribution in [2.75, 3.05) is 44.1 Å². The van der Waals surface area contributed by atoms with E-state index in [1.165, 1.54) is 25.1 Å². The topological polar surface area (TPSA) is 99.3 Å². The number of hydrogen-bond donors (Lipinski definition) is 1. The molecule has 2 aromatic carbocycles. The molecule has 0 aromatic heterocycles. The number of piperidine rings is 1. The lowest BCUT2D eigenvalue weighted by atomic mass is 9.96. The first-order valence-corrected chi connectivity index (χ1v) is 12.7. The van der Waals surface area contributed by atoms with Gasteiger partial charge < -0.3 is 15.0 Å². The van der Waals surface area contributed by atoms with E-state index < -0.39 is 10.0 Å². The van der Waals surface area contributed by atoms with Crippen LogP contribution < -0.4 is 19.9 Å². The maximum Gasteiger partial charge on any atom is 0.250 e. The van der Waals surface area contributed by atoms with Crippen LogP contribution in [0.5, 0.6) is 5.75 Å². The largest absolute Gasteiger partial charge is 0.497 e. The fraction of sp³-hybridized carbons (Fsp3) is 0.417. The molecule has 1 saturated heterocycles. The molecule has 182 valence electrons. The molecule has 2 aromatic rings. The van der Waals surface area contributed by atoms with Gasteiger partial charge in [0.05, 0.1) is 23.4 Å². The van der Waals surface area contributed by atoms with Crippen molar-refractivity contribution in [3.63, 3.8) is 0 Å². The van der Waals surface area contributed by atoms with E-state index in [0.29, 0.717) is 18.7 Å². The highest BCUT2D eigenvalue weighted by Crippen LogP contribution is 2.40. The molecule has 0 saturated carbocycles. The summed E-state index contributed by atoms with van der Waals surface area (Å²) < 4.78 is 31.8. The van der Waals surface area contributed by atoms with E-state index in [1.807, 2.05) is 29.2 Å². The number of sulfonamides is 1. The molecule has 0 spiro atoms. The SMILES string of the molecule is COc1ccc(CNC(=O)CN2C(=O)[C@H]3CCCCN3c3ccc(S(=O)(=O)N(C)C)cc32)cc1. The van der Waals surface area contributed by atoms with Gasteiger partial charge in [-0.15, -0.1) is 0 Å². The molecule has 0 bridgehead atoms. The van der Waals surface area contributed by atoms with E-state index >= 15 is 0 Å². The van der Waals surface area contributed by atoms with E-state index in [0.717, 1.165) is 40.7 Å². The van der Waals surface area contributed by atoms with Gasteiger partial charge in [0.15, 0.2) is 0 Å². The maximum absolute atomic E-state index is 13.4. The predicted octanol–water partition coefficient (Wildman–Crippen LogP) is 1.97. The fourth-order valence-corrected chi connectivity index (χ4v) is 5.34. The molecule has 1 N–H and O–H groups in total. The van der Waals surface area contributed by atoms with Crippen LogP contribution in [0.15, 0.2) is 47.4 Å². The molecule has 0 unspecified atom stereocenters. The Morgan fingerprint density at radius 3 is 2.53 bits per heavy atom. The van der Waals surface area contributed by atoms with Crippen molar-refractivity contribution in [1.82, 2.24) is 9.62 Å². The van der Waals surface area contributed by atoms with Crippen molar-refractivity contribution >= 4 is 33.2 Å². The van der Waals surface area contributed by atoms with Crippen LogP contribution in [0, 0.1) is 0 Å². The average molecular weight is 487 g/mol. The van der Waals surface area contributed by atoms with Gasteiger partial charge in [-0.25, -0.2) is 12.7 Å². The third-order valence-corrected chi connectivity index (χ3v) is 8.14. The second kappa shape index (κ2) is 9.63. The molecule has 2 amide bonds. The highest BCUT2D eigenvalue weighted by molar-refractivity contribution is 7.89. The van der Waals surface area contributed by atoms with E-state index in [9.17, 15) is 18.0 Å². The Bertz CT molecular complexity index is 1180. The Hall–Kier alpha value is -3.11. The summed E-state index contributed by atoms with van der Waals surface area (Å²) in [5.74, 6) is 0.234. The number of benzene rings is 2. The van der Waals surface area contributed by atoms with Crippen molar-refractivity contribution in [3.05, 3.63) is 48.0 Å². The van der Waals surface area contributed by atoms with Crippen LogP contribution in [0.3, 0.4) is 0 Å². The summed E-state index contributed by atoms with van der Waals surface area (Å²) in [5, 5.41) is 2.86.